The standard InChI is InChI=1S/C16H32N2O/c1-4-17-13-16(7-11-19-12-8-16)14-18-9-5-15(2,3)6-10-18/h17H,4-14H2,1-3H3. The molecule has 2 fully saturated rings. The molecule has 0 atom stereocenters. The summed E-state index contributed by atoms with van der Waals surface area (Å²) in [6, 6.07) is 0. The van der Waals surface area contributed by atoms with Crippen molar-refractivity contribution in [2.75, 3.05) is 45.9 Å². The van der Waals surface area contributed by atoms with E-state index < -0.39 is 0 Å². The summed E-state index contributed by atoms with van der Waals surface area (Å²) in [6.45, 7) is 15.0. The first-order valence-electron chi connectivity index (χ1n) is 8.06. The minimum atomic E-state index is 0.454. The van der Waals surface area contributed by atoms with Gasteiger partial charge in [0.1, 0.15) is 0 Å². The van der Waals surface area contributed by atoms with Crippen LogP contribution in [0.2, 0.25) is 0 Å². The van der Waals surface area contributed by atoms with E-state index in [1.165, 1.54) is 45.3 Å². The zero-order chi connectivity index (χ0) is 13.8. The van der Waals surface area contributed by atoms with Gasteiger partial charge in [-0.1, -0.05) is 20.8 Å². The van der Waals surface area contributed by atoms with Crippen LogP contribution in [0.4, 0.5) is 0 Å². The molecule has 0 amide bonds. The van der Waals surface area contributed by atoms with Crippen molar-refractivity contribution < 1.29 is 4.74 Å². The van der Waals surface area contributed by atoms with Crippen molar-refractivity contribution in [3.63, 3.8) is 0 Å². The lowest BCUT2D eigenvalue weighted by Crippen LogP contribution is -2.50. The van der Waals surface area contributed by atoms with E-state index in [2.05, 4.69) is 31.0 Å². The van der Waals surface area contributed by atoms with Crippen LogP contribution in [0.1, 0.15) is 46.5 Å². The van der Waals surface area contributed by atoms with Gasteiger partial charge in [-0.15, -0.1) is 0 Å². The van der Waals surface area contributed by atoms with Gasteiger partial charge in [-0.2, -0.15) is 0 Å². The fourth-order valence-electron chi connectivity index (χ4n) is 3.38. The van der Waals surface area contributed by atoms with Gasteiger partial charge in [-0.3, -0.25) is 0 Å². The molecule has 0 unspecified atom stereocenters. The van der Waals surface area contributed by atoms with E-state index in [0.717, 1.165) is 26.3 Å². The zero-order valence-corrected chi connectivity index (χ0v) is 13.1. The monoisotopic (exact) mass is 268 g/mol. The number of piperidine rings is 1. The molecule has 0 aromatic carbocycles. The lowest BCUT2D eigenvalue weighted by Gasteiger charge is -2.44. The summed E-state index contributed by atoms with van der Waals surface area (Å²) in [5.74, 6) is 0. The number of hydrogen-bond donors (Lipinski definition) is 1. The Labute approximate surface area is 119 Å². The lowest BCUT2D eigenvalue weighted by molar-refractivity contribution is -0.0132. The minimum Gasteiger partial charge on any atom is -0.381 e. The van der Waals surface area contributed by atoms with Crippen molar-refractivity contribution in [3.8, 4) is 0 Å². The largest absolute Gasteiger partial charge is 0.381 e. The summed E-state index contributed by atoms with van der Waals surface area (Å²) in [7, 11) is 0. The summed E-state index contributed by atoms with van der Waals surface area (Å²) in [5, 5.41) is 3.58. The Hall–Kier alpha value is -0.120. The molecule has 0 radical (unpaired) electrons. The van der Waals surface area contributed by atoms with Crippen LogP contribution in [-0.4, -0.2) is 50.8 Å². The molecule has 2 aliphatic heterocycles. The van der Waals surface area contributed by atoms with Crippen molar-refractivity contribution >= 4 is 0 Å². The molecule has 1 N–H and O–H groups in total. The number of hydrogen-bond acceptors (Lipinski definition) is 3. The van der Waals surface area contributed by atoms with E-state index in [0.29, 0.717) is 10.8 Å². The lowest BCUT2D eigenvalue weighted by atomic mass is 9.77. The number of likely N-dealkylation sites (tertiary alicyclic amines) is 1. The maximum Gasteiger partial charge on any atom is 0.0472 e. The van der Waals surface area contributed by atoms with Crippen LogP contribution >= 0.6 is 0 Å². The Morgan fingerprint density at radius 2 is 1.68 bits per heavy atom. The predicted octanol–water partition coefficient (Wildman–Crippen LogP) is 2.51. The quantitative estimate of drug-likeness (QED) is 0.829. The Bertz CT molecular complexity index is 262. The molecule has 2 aliphatic rings. The van der Waals surface area contributed by atoms with Crippen LogP contribution < -0.4 is 5.32 Å². The van der Waals surface area contributed by atoms with Crippen LogP contribution in [0.3, 0.4) is 0 Å². The van der Waals surface area contributed by atoms with E-state index in [1.807, 2.05) is 0 Å². The second-order valence-corrected chi connectivity index (χ2v) is 7.33. The molecule has 19 heavy (non-hydrogen) atoms. The average molecular weight is 268 g/mol. The van der Waals surface area contributed by atoms with Crippen molar-refractivity contribution in [1.82, 2.24) is 10.2 Å². The molecule has 0 saturated carbocycles. The molecule has 112 valence electrons. The summed E-state index contributed by atoms with van der Waals surface area (Å²) >= 11 is 0. The fourth-order valence-corrected chi connectivity index (χ4v) is 3.38. The van der Waals surface area contributed by atoms with Crippen molar-refractivity contribution in [1.29, 1.82) is 0 Å². The maximum absolute atomic E-state index is 5.58. The Balaban J connectivity index is 1.89. The first kappa shape index (κ1) is 15.3. The molecule has 0 spiro atoms. The molecule has 0 bridgehead atoms. The molecule has 2 rings (SSSR count). The van der Waals surface area contributed by atoms with Crippen LogP contribution in [0.15, 0.2) is 0 Å². The van der Waals surface area contributed by atoms with Gasteiger partial charge in [0, 0.05) is 26.3 Å². The normalized spacial score (nSPS) is 27.3. The number of ether oxygens (including phenoxy) is 1. The molecule has 0 aromatic rings. The molecule has 3 heteroatoms. The van der Waals surface area contributed by atoms with Crippen LogP contribution in [0.25, 0.3) is 0 Å². The molecule has 2 heterocycles. The van der Waals surface area contributed by atoms with Gasteiger partial charge in [0.15, 0.2) is 0 Å². The predicted molar refractivity (Wildman–Crippen MR) is 80.5 cm³/mol. The van der Waals surface area contributed by atoms with Crippen molar-refractivity contribution in [2.24, 2.45) is 10.8 Å². The third-order valence-corrected chi connectivity index (χ3v) is 5.07. The first-order chi connectivity index (χ1) is 9.05. The molecule has 3 nitrogen and oxygen atoms in total. The number of rotatable bonds is 5. The van der Waals surface area contributed by atoms with Crippen LogP contribution in [0, 0.1) is 10.8 Å². The molecular formula is C16H32N2O. The van der Waals surface area contributed by atoms with E-state index in [-0.39, 0.29) is 0 Å². The Kier molecular flexibility index (Phi) is 5.27. The van der Waals surface area contributed by atoms with E-state index in [1.54, 1.807) is 0 Å². The van der Waals surface area contributed by atoms with Crippen LogP contribution in [0.5, 0.6) is 0 Å². The molecule has 0 aromatic heterocycles. The van der Waals surface area contributed by atoms with Gasteiger partial charge in [-0.05, 0) is 56.1 Å². The number of nitrogens with one attached hydrogen (secondary N) is 1. The first-order valence-corrected chi connectivity index (χ1v) is 8.06. The smallest absolute Gasteiger partial charge is 0.0472 e. The fraction of sp³-hybridized carbons (Fsp3) is 1.00. The van der Waals surface area contributed by atoms with Crippen LogP contribution in [-0.2, 0) is 4.74 Å². The second-order valence-electron chi connectivity index (χ2n) is 7.33. The van der Waals surface area contributed by atoms with Gasteiger partial charge >= 0.3 is 0 Å². The highest BCUT2D eigenvalue weighted by Gasteiger charge is 2.36. The van der Waals surface area contributed by atoms with E-state index >= 15 is 0 Å². The van der Waals surface area contributed by atoms with Gasteiger partial charge in [-0.25, -0.2) is 0 Å². The van der Waals surface area contributed by atoms with E-state index in [9.17, 15) is 0 Å². The van der Waals surface area contributed by atoms with Crippen molar-refractivity contribution in [2.45, 2.75) is 46.5 Å². The number of nitrogens with zero attached hydrogens (tertiary/aromatic N) is 1. The van der Waals surface area contributed by atoms with Gasteiger partial charge in [0.25, 0.3) is 0 Å². The van der Waals surface area contributed by atoms with E-state index in [4.69, 9.17) is 4.74 Å². The molecular weight excluding hydrogens is 236 g/mol. The van der Waals surface area contributed by atoms with Gasteiger partial charge in [0.2, 0.25) is 0 Å². The molecule has 2 saturated heterocycles. The Morgan fingerprint density at radius 1 is 1.05 bits per heavy atom. The maximum atomic E-state index is 5.58. The average Bonchev–Trinajstić information content (AvgIpc) is 2.40. The Morgan fingerprint density at radius 3 is 2.26 bits per heavy atom. The highest BCUT2D eigenvalue weighted by molar-refractivity contribution is 4.89. The highest BCUT2D eigenvalue weighted by Crippen LogP contribution is 2.35. The van der Waals surface area contributed by atoms with Gasteiger partial charge < -0.3 is 15.0 Å². The molecule has 0 aliphatic carbocycles. The summed E-state index contributed by atoms with van der Waals surface area (Å²) < 4.78 is 5.58. The zero-order valence-electron chi connectivity index (χ0n) is 13.1. The van der Waals surface area contributed by atoms with Gasteiger partial charge in [0.05, 0.1) is 0 Å². The summed E-state index contributed by atoms with van der Waals surface area (Å²) in [6.07, 6.45) is 5.14. The highest BCUT2D eigenvalue weighted by atomic mass is 16.5. The summed E-state index contributed by atoms with van der Waals surface area (Å²) in [4.78, 5) is 2.70. The third-order valence-electron chi connectivity index (χ3n) is 5.07. The SMILES string of the molecule is CCNCC1(CN2CCC(C)(C)CC2)CCOCC1. The third kappa shape index (κ3) is 4.44. The second kappa shape index (κ2) is 6.55. The van der Waals surface area contributed by atoms with Crippen molar-refractivity contribution in [3.05, 3.63) is 0 Å². The minimum absolute atomic E-state index is 0.454. The topological polar surface area (TPSA) is 24.5 Å². The summed E-state index contributed by atoms with van der Waals surface area (Å²) in [5.41, 5.74) is 1.01.